The average molecular weight is 375 g/mol. The number of rotatable bonds is 1. The van der Waals surface area contributed by atoms with Crippen LogP contribution in [0.3, 0.4) is 0 Å². The molecule has 2 aliphatic rings. The Balaban J connectivity index is 1.66. The van der Waals surface area contributed by atoms with Crippen molar-refractivity contribution in [2.75, 3.05) is 32.8 Å². The van der Waals surface area contributed by atoms with Crippen molar-refractivity contribution < 1.29 is 18.7 Å². The van der Waals surface area contributed by atoms with E-state index in [4.69, 9.17) is 16.0 Å². The number of carbonyl (C=O) groups excluding carboxylic acids is 1. The Labute approximate surface area is 159 Å². The third-order valence-corrected chi connectivity index (χ3v) is 4.93. The van der Waals surface area contributed by atoms with Gasteiger partial charge in [0.25, 0.3) is 0 Å². The number of hydrogen-bond donors (Lipinski definition) is 0. The van der Waals surface area contributed by atoms with E-state index in [9.17, 15) is 9.18 Å². The number of nitrogens with zero attached hydrogens (tertiary/aromatic N) is 3. The first kappa shape index (κ1) is 19.6. The summed E-state index contributed by atoms with van der Waals surface area (Å²) in [7, 11) is 0. The van der Waals surface area contributed by atoms with Gasteiger partial charge in [0.1, 0.15) is 11.4 Å². The largest absolute Gasteiger partial charge is 0.444 e. The Kier molecular flexibility index (Phi) is 5.41. The molecule has 0 spiro atoms. The number of halogens is 1. The lowest BCUT2D eigenvalue weighted by Crippen LogP contribution is -2.60. The molecule has 2 atom stereocenters. The SMILES string of the molecule is [C-]#[N+]c1cc([C@@H]2CN3CCN(C(=O)OC(C)(C)C)C[C@H]3CO2)c(F)cc1C. The number of hydrogen-bond acceptors (Lipinski definition) is 4. The highest BCUT2D eigenvalue weighted by Gasteiger charge is 2.37. The van der Waals surface area contributed by atoms with E-state index in [1.807, 2.05) is 20.8 Å². The van der Waals surface area contributed by atoms with Gasteiger partial charge < -0.3 is 14.4 Å². The Morgan fingerprint density at radius 3 is 2.74 bits per heavy atom. The van der Waals surface area contributed by atoms with Gasteiger partial charge in [0, 0.05) is 31.7 Å². The molecule has 0 unspecified atom stereocenters. The summed E-state index contributed by atoms with van der Waals surface area (Å²) in [6.45, 7) is 17.3. The molecule has 0 saturated carbocycles. The second kappa shape index (κ2) is 7.45. The van der Waals surface area contributed by atoms with Gasteiger partial charge in [-0.25, -0.2) is 14.0 Å². The molecule has 27 heavy (non-hydrogen) atoms. The number of ether oxygens (including phenoxy) is 2. The lowest BCUT2D eigenvalue weighted by atomic mass is 10.0. The third kappa shape index (κ3) is 4.40. The van der Waals surface area contributed by atoms with Crippen LogP contribution in [0.5, 0.6) is 0 Å². The average Bonchev–Trinajstić information content (AvgIpc) is 2.59. The summed E-state index contributed by atoms with van der Waals surface area (Å²) in [4.78, 5) is 19.7. The van der Waals surface area contributed by atoms with E-state index < -0.39 is 11.7 Å². The summed E-state index contributed by atoms with van der Waals surface area (Å²) in [5.74, 6) is -0.337. The Hall–Kier alpha value is -2.17. The van der Waals surface area contributed by atoms with Crippen LogP contribution in [0.4, 0.5) is 14.9 Å². The molecule has 2 saturated heterocycles. The van der Waals surface area contributed by atoms with Gasteiger partial charge in [0.2, 0.25) is 0 Å². The van der Waals surface area contributed by atoms with E-state index in [1.54, 1.807) is 17.9 Å². The molecule has 7 heteroatoms. The van der Waals surface area contributed by atoms with Gasteiger partial charge in [-0.15, -0.1) is 0 Å². The van der Waals surface area contributed by atoms with Gasteiger partial charge in [-0.2, -0.15) is 0 Å². The zero-order valence-corrected chi connectivity index (χ0v) is 16.3. The number of amides is 1. The van der Waals surface area contributed by atoms with Crippen LogP contribution in [-0.4, -0.2) is 60.3 Å². The van der Waals surface area contributed by atoms with Gasteiger partial charge in [-0.3, -0.25) is 4.90 Å². The van der Waals surface area contributed by atoms with E-state index in [0.717, 1.165) is 0 Å². The molecule has 2 fully saturated rings. The zero-order chi connectivity index (χ0) is 19.8. The highest BCUT2D eigenvalue weighted by Crippen LogP contribution is 2.32. The highest BCUT2D eigenvalue weighted by atomic mass is 19.1. The zero-order valence-electron chi connectivity index (χ0n) is 16.3. The van der Waals surface area contributed by atoms with Crippen molar-refractivity contribution in [1.82, 2.24) is 9.80 Å². The number of aryl methyl sites for hydroxylation is 1. The first-order valence-electron chi connectivity index (χ1n) is 9.19. The molecule has 1 amide bonds. The fraction of sp³-hybridized carbons (Fsp3) is 0.600. The predicted molar refractivity (Wildman–Crippen MR) is 99.3 cm³/mol. The predicted octanol–water partition coefficient (Wildman–Crippen LogP) is 3.68. The van der Waals surface area contributed by atoms with E-state index in [1.165, 1.54) is 6.07 Å². The van der Waals surface area contributed by atoms with Crippen molar-refractivity contribution in [3.63, 3.8) is 0 Å². The Morgan fingerprint density at radius 1 is 1.33 bits per heavy atom. The molecule has 0 N–H and O–H groups in total. The normalized spacial score (nSPS) is 23.5. The minimum atomic E-state index is -0.522. The van der Waals surface area contributed by atoms with Crippen LogP contribution >= 0.6 is 0 Å². The Morgan fingerprint density at radius 2 is 2.07 bits per heavy atom. The molecule has 0 bridgehead atoms. The second-order valence-corrected chi connectivity index (χ2v) is 8.17. The minimum Gasteiger partial charge on any atom is -0.444 e. The van der Waals surface area contributed by atoms with Crippen LogP contribution in [0, 0.1) is 19.3 Å². The summed E-state index contributed by atoms with van der Waals surface area (Å²) in [6.07, 6.45) is -0.717. The molecule has 2 aliphatic heterocycles. The summed E-state index contributed by atoms with van der Waals surface area (Å²) in [5, 5.41) is 0. The van der Waals surface area contributed by atoms with Crippen LogP contribution < -0.4 is 0 Å². The monoisotopic (exact) mass is 375 g/mol. The van der Waals surface area contributed by atoms with E-state index in [-0.39, 0.29) is 18.0 Å². The molecule has 2 heterocycles. The van der Waals surface area contributed by atoms with Crippen LogP contribution in [0.2, 0.25) is 0 Å². The molecule has 0 aliphatic carbocycles. The molecular weight excluding hydrogens is 349 g/mol. The van der Waals surface area contributed by atoms with Crippen LogP contribution in [0.25, 0.3) is 4.85 Å². The molecule has 0 aromatic heterocycles. The summed E-state index contributed by atoms with van der Waals surface area (Å²) in [5.41, 5.74) is 0.990. The maximum absolute atomic E-state index is 14.4. The van der Waals surface area contributed by atoms with Crippen molar-refractivity contribution in [3.8, 4) is 0 Å². The van der Waals surface area contributed by atoms with Crippen molar-refractivity contribution in [2.24, 2.45) is 0 Å². The molecular formula is C20H26FN3O3. The first-order chi connectivity index (χ1) is 12.7. The van der Waals surface area contributed by atoms with Gasteiger partial charge in [0.05, 0.1) is 25.3 Å². The second-order valence-electron chi connectivity index (χ2n) is 8.17. The van der Waals surface area contributed by atoms with Crippen LogP contribution in [0.15, 0.2) is 12.1 Å². The van der Waals surface area contributed by atoms with E-state index >= 15 is 0 Å². The fourth-order valence-corrected chi connectivity index (χ4v) is 3.51. The number of carbonyl (C=O) groups is 1. The third-order valence-electron chi connectivity index (χ3n) is 4.93. The molecule has 146 valence electrons. The molecule has 3 rings (SSSR count). The fourth-order valence-electron chi connectivity index (χ4n) is 3.51. The number of piperazine rings is 1. The van der Waals surface area contributed by atoms with Crippen molar-refractivity contribution in [3.05, 3.63) is 40.5 Å². The smallest absolute Gasteiger partial charge is 0.410 e. The maximum atomic E-state index is 14.4. The first-order valence-corrected chi connectivity index (χ1v) is 9.19. The topological polar surface area (TPSA) is 46.4 Å². The van der Waals surface area contributed by atoms with Crippen molar-refractivity contribution >= 4 is 11.8 Å². The number of fused-ring (bicyclic) bond motifs is 1. The number of morpholine rings is 1. The van der Waals surface area contributed by atoms with Crippen LogP contribution in [-0.2, 0) is 9.47 Å². The van der Waals surface area contributed by atoms with E-state index in [2.05, 4.69) is 9.74 Å². The van der Waals surface area contributed by atoms with Gasteiger partial charge in [-0.1, -0.05) is 0 Å². The summed E-state index contributed by atoms with van der Waals surface area (Å²) >= 11 is 0. The lowest BCUT2D eigenvalue weighted by Gasteiger charge is -2.46. The molecule has 0 radical (unpaired) electrons. The van der Waals surface area contributed by atoms with Crippen LogP contribution in [0.1, 0.15) is 38.0 Å². The maximum Gasteiger partial charge on any atom is 0.410 e. The highest BCUT2D eigenvalue weighted by molar-refractivity contribution is 5.68. The quantitative estimate of drug-likeness (QED) is 0.703. The molecule has 6 nitrogen and oxygen atoms in total. The van der Waals surface area contributed by atoms with Gasteiger partial charge in [0.15, 0.2) is 5.69 Å². The number of benzene rings is 1. The van der Waals surface area contributed by atoms with Gasteiger partial charge >= 0.3 is 6.09 Å². The molecule has 1 aromatic rings. The lowest BCUT2D eigenvalue weighted by molar-refractivity contribution is -0.0915. The Bertz CT molecular complexity index is 769. The summed E-state index contributed by atoms with van der Waals surface area (Å²) in [6, 6.07) is 3.06. The van der Waals surface area contributed by atoms with Gasteiger partial charge in [-0.05, 0) is 45.4 Å². The molecule has 1 aromatic carbocycles. The summed E-state index contributed by atoms with van der Waals surface area (Å²) < 4.78 is 25.8. The standard InChI is InChI=1S/C20H26FN3O3/c1-13-8-16(21)15(9-17(13)22-5)18-11-23-6-7-24(10-14(23)12-26-18)19(25)27-20(2,3)4/h8-9,14,18H,6-7,10-12H2,1-4H3/t14-,18-/m0/s1. The van der Waals surface area contributed by atoms with Crippen molar-refractivity contribution in [2.45, 2.75) is 45.4 Å². The minimum absolute atomic E-state index is 0.0661. The van der Waals surface area contributed by atoms with E-state index in [0.29, 0.717) is 49.6 Å². The van der Waals surface area contributed by atoms with Crippen molar-refractivity contribution in [1.29, 1.82) is 0 Å².